The predicted molar refractivity (Wildman–Crippen MR) is 67.1 cm³/mol. The molecular weight excluding hydrogens is 230 g/mol. The summed E-state index contributed by atoms with van der Waals surface area (Å²) in [6.07, 6.45) is 6.70. The standard InChI is InChI=1S/C13H21N3O2/c14-6-7-16-13(18)11(9-12(15)17)8-10-4-2-1-3-5-10/h10-11H,1-5,7-9H2,(H2,15,17)(H,16,18)/t11-/m0/s1. The SMILES string of the molecule is N#CCNC(=O)[C@H](CC(N)=O)CC1CCCCC1. The quantitative estimate of drug-likeness (QED) is 0.691. The van der Waals surface area contributed by atoms with E-state index in [1.807, 2.05) is 6.07 Å². The van der Waals surface area contributed by atoms with Gasteiger partial charge >= 0.3 is 0 Å². The van der Waals surface area contributed by atoms with Crippen molar-refractivity contribution in [2.75, 3.05) is 6.54 Å². The first kappa shape index (κ1) is 14.5. The van der Waals surface area contributed by atoms with Crippen LogP contribution in [0.15, 0.2) is 0 Å². The maximum atomic E-state index is 11.8. The monoisotopic (exact) mass is 251 g/mol. The summed E-state index contributed by atoms with van der Waals surface area (Å²) in [6.45, 7) is -0.0151. The second-order valence-corrected chi connectivity index (χ2v) is 4.98. The largest absolute Gasteiger partial charge is 0.370 e. The zero-order valence-electron chi connectivity index (χ0n) is 10.7. The molecule has 1 aliphatic rings. The van der Waals surface area contributed by atoms with Gasteiger partial charge in [0.15, 0.2) is 0 Å². The Balaban J connectivity index is 2.50. The van der Waals surface area contributed by atoms with Crippen LogP contribution < -0.4 is 11.1 Å². The van der Waals surface area contributed by atoms with Crippen molar-refractivity contribution in [3.8, 4) is 6.07 Å². The van der Waals surface area contributed by atoms with Crippen molar-refractivity contribution in [1.29, 1.82) is 5.26 Å². The summed E-state index contributed by atoms with van der Waals surface area (Å²) in [5.41, 5.74) is 5.18. The first-order chi connectivity index (χ1) is 8.63. The Morgan fingerprint density at radius 3 is 2.56 bits per heavy atom. The average molecular weight is 251 g/mol. The molecule has 1 atom stereocenters. The number of nitrogens with one attached hydrogen (secondary N) is 1. The molecule has 5 heteroatoms. The molecule has 0 heterocycles. The number of rotatable bonds is 6. The zero-order chi connectivity index (χ0) is 13.4. The minimum Gasteiger partial charge on any atom is -0.370 e. The molecule has 1 fully saturated rings. The van der Waals surface area contributed by atoms with Gasteiger partial charge in [0.1, 0.15) is 6.54 Å². The Morgan fingerprint density at radius 2 is 2.00 bits per heavy atom. The van der Waals surface area contributed by atoms with Crippen LogP contribution in [0, 0.1) is 23.2 Å². The van der Waals surface area contributed by atoms with Gasteiger partial charge < -0.3 is 11.1 Å². The highest BCUT2D eigenvalue weighted by Crippen LogP contribution is 2.30. The fraction of sp³-hybridized carbons (Fsp3) is 0.769. The lowest BCUT2D eigenvalue weighted by molar-refractivity contribution is -0.129. The smallest absolute Gasteiger partial charge is 0.224 e. The van der Waals surface area contributed by atoms with Gasteiger partial charge in [-0.1, -0.05) is 32.1 Å². The van der Waals surface area contributed by atoms with Gasteiger partial charge in [-0.25, -0.2) is 0 Å². The molecule has 2 amide bonds. The van der Waals surface area contributed by atoms with E-state index in [2.05, 4.69) is 5.32 Å². The third kappa shape index (κ3) is 5.17. The summed E-state index contributed by atoms with van der Waals surface area (Å²) in [5, 5.41) is 11.0. The molecule has 5 nitrogen and oxygen atoms in total. The Morgan fingerprint density at radius 1 is 1.33 bits per heavy atom. The van der Waals surface area contributed by atoms with Crippen LogP contribution in [0.3, 0.4) is 0 Å². The van der Waals surface area contributed by atoms with Gasteiger partial charge in [0.05, 0.1) is 6.07 Å². The molecule has 1 saturated carbocycles. The van der Waals surface area contributed by atoms with Crippen LogP contribution in [0.2, 0.25) is 0 Å². The molecule has 0 aliphatic heterocycles. The van der Waals surface area contributed by atoms with Gasteiger partial charge in [0.25, 0.3) is 0 Å². The molecule has 0 saturated heterocycles. The Bertz CT molecular complexity index is 330. The predicted octanol–water partition coefficient (Wildman–Crippen LogP) is 1.09. The molecule has 100 valence electrons. The maximum Gasteiger partial charge on any atom is 0.224 e. The van der Waals surface area contributed by atoms with Gasteiger partial charge in [-0.2, -0.15) is 5.26 Å². The van der Waals surface area contributed by atoms with E-state index >= 15 is 0 Å². The molecular formula is C13H21N3O2. The molecule has 0 bridgehead atoms. The molecule has 0 spiro atoms. The minimum absolute atomic E-state index is 0.0151. The Hall–Kier alpha value is -1.57. The highest BCUT2D eigenvalue weighted by atomic mass is 16.2. The molecule has 1 rings (SSSR count). The maximum absolute atomic E-state index is 11.8. The number of carbonyl (C=O) groups excluding carboxylic acids is 2. The summed E-state index contributed by atoms with van der Waals surface area (Å²) < 4.78 is 0. The van der Waals surface area contributed by atoms with Gasteiger partial charge in [-0.15, -0.1) is 0 Å². The van der Waals surface area contributed by atoms with E-state index in [-0.39, 0.29) is 24.8 Å². The number of hydrogen-bond acceptors (Lipinski definition) is 3. The summed E-state index contributed by atoms with van der Waals surface area (Å²) >= 11 is 0. The van der Waals surface area contributed by atoms with Crippen LogP contribution in [-0.4, -0.2) is 18.4 Å². The molecule has 0 aromatic heterocycles. The van der Waals surface area contributed by atoms with E-state index in [1.165, 1.54) is 19.3 Å². The zero-order valence-corrected chi connectivity index (χ0v) is 10.7. The molecule has 1 aliphatic carbocycles. The highest BCUT2D eigenvalue weighted by molar-refractivity contribution is 5.85. The van der Waals surface area contributed by atoms with Gasteiger partial charge in [-0.05, 0) is 12.3 Å². The Labute approximate surface area is 108 Å². The first-order valence-electron chi connectivity index (χ1n) is 6.56. The van der Waals surface area contributed by atoms with Crippen LogP contribution in [-0.2, 0) is 9.59 Å². The third-order valence-corrected chi connectivity index (χ3v) is 3.50. The van der Waals surface area contributed by atoms with Crippen LogP contribution in [0.4, 0.5) is 0 Å². The molecule has 3 N–H and O–H groups in total. The second-order valence-electron chi connectivity index (χ2n) is 4.98. The van der Waals surface area contributed by atoms with E-state index in [9.17, 15) is 9.59 Å². The second kappa shape index (κ2) is 7.70. The van der Waals surface area contributed by atoms with Crippen molar-refractivity contribution < 1.29 is 9.59 Å². The third-order valence-electron chi connectivity index (χ3n) is 3.50. The summed E-state index contributed by atoms with van der Waals surface area (Å²) in [4.78, 5) is 22.8. The van der Waals surface area contributed by atoms with Crippen LogP contribution >= 0.6 is 0 Å². The highest BCUT2D eigenvalue weighted by Gasteiger charge is 2.25. The summed E-state index contributed by atoms with van der Waals surface area (Å²) in [6, 6.07) is 1.86. The molecule has 0 aromatic carbocycles. The van der Waals surface area contributed by atoms with E-state index in [4.69, 9.17) is 11.0 Å². The number of nitrogens with two attached hydrogens (primary N) is 1. The number of nitrogens with zero attached hydrogens (tertiary/aromatic N) is 1. The number of amides is 2. The Kier molecular flexibility index (Phi) is 6.20. The van der Waals surface area contributed by atoms with Crippen LogP contribution in [0.5, 0.6) is 0 Å². The molecule has 18 heavy (non-hydrogen) atoms. The van der Waals surface area contributed by atoms with Crippen molar-refractivity contribution in [3.05, 3.63) is 0 Å². The number of nitriles is 1. The van der Waals surface area contributed by atoms with Gasteiger partial charge in [0.2, 0.25) is 11.8 Å². The number of primary amides is 1. The molecule has 0 unspecified atom stereocenters. The van der Waals surface area contributed by atoms with Crippen molar-refractivity contribution in [2.24, 2.45) is 17.6 Å². The van der Waals surface area contributed by atoms with E-state index < -0.39 is 5.91 Å². The molecule has 0 radical (unpaired) electrons. The minimum atomic E-state index is -0.456. The number of carbonyl (C=O) groups is 2. The van der Waals surface area contributed by atoms with Gasteiger partial charge in [-0.3, -0.25) is 9.59 Å². The fourth-order valence-corrected chi connectivity index (χ4v) is 2.62. The van der Waals surface area contributed by atoms with Crippen molar-refractivity contribution in [2.45, 2.75) is 44.9 Å². The fourth-order valence-electron chi connectivity index (χ4n) is 2.62. The average Bonchev–Trinajstić information content (AvgIpc) is 2.36. The van der Waals surface area contributed by atoms with Crippen molar-refractivity contribution in [1.82, 2.24) is 5.32 Å². The van der Waals surface area contributed by atoms with Crippen molar-refractivity contribution in [3.63, 3.8) is 0 Å². The van der Waals surface area contributed by atoms with E-state index in [0.29, 0.717) is 12.3 Å². The van der Waals surface area contributed by atoms with E-state index in [0.717, 1.165) is 12.8 Å². The van der Waals surface area contributed by atoms with Gasteiger partial charge in [0, 0.05) is 12.3 Å². The molecule has 0 aromatic rings. The first-order valence-corrected chi connectivity index (χ1v) is 6.56. The topological polar surface area (TPSA) is 96.0 Å². The lowest BCUT2D eigenvalue weighted by Gasteiger charge is -2.25. The lowest BCUT2D eigenvalue weighted by atomic mass is 9.81. The van der Waals surface area contributed by atoms with Crippen LogP contribution in [0.1, 0.15) is 44.9 Å². The number of hydrogen-bond donors (Lipinski definition) is 2. The van der Waals surface area contributed by atoms with Crippen molar-refractivity contribution >= 4 is 11.8 Å². The normalized spacial score (nSPS) is 17.7. The summed E-state index contributed by atoms with van der Waals surface area (Å²) in [5.74, 6) is -0.543. The lowest BCUT2D eigenvalue weighted by Crippen LogP contribution is -2.35. The van der Waals surface area contributed by atoms with Crippen LogP contribution in [0.25, 0.3) is 0 Å². The van der Waals surface area contributed by atoms with E-state index in [1.54, 1.807) is 0 Å². The summed E-state index contributed by atoms with van der Waals surface area (Å²) in [7, 11) is 0.